The fourth-order valence-corrected chi connectivity index (χ4v) is 3.39. The minimum atomic E-state index is -0.327. The minimum absolute atomic E-state index is 0.327. The van der Waals surface area contributed by atoms with Gasteiger partial charge in [0.15, 0.2) is 0 Å². The first kappa shape index (κ1) is 15.5. The highest BCUT2D eigenvalue weighted by Crippen LogP contribution is 2.35. The van der Waals surface area contributed by atoms with Crippen molar-refractivity contribution >= 4 is 33.1 Å². The van der Waals surface area contributed by atoms with Crippen LogP contribution in [0, 0.1) is 6.92 Å². The molecule has 0 spiro atoms. The Labute approximate surface area is 146 Å². The van der Waals surface area contributed by atoms with Gasteiger partial charge in [0, 0.05) is 29.1 Å². The van der Waals surface area contributed by atoms with Gasteiger partial charge in [0.2, 0.25) is 0 Å². The predicted octanol–water partition coefficient (Wildman–Crippen LogP) is 5.41. The molecule has 0 aliphatic carbocycles. The minimum Gasteiger partial charge on any atom is -0.423 e. The van der Waals surface area contributed by atoms with E-state index in [-0.39, 0.29) is 5.63 Å². The van der Waals surface area contributed by atoms with E-state index >= 15 is 0 Å². The van der Waals surface area contributed by atoms with Crippen molar-refractivity contribution in [1.29, 1.82) is 0 Å². The van der Waals surface area contributed by atoms with Gasteiger partial charge in [-0.05, 0) is 43.0 Å². The first-order valence-corrected chi connectivity index (χ1v) is 8.47. The van der Waals surface area contributed by atoms with Crippen LogP contribution in [0.3, 0.4) is 0 Å². The lowest BCUT2D eigenvalue weighted by molar-refractivity contribution is 0.561. The lowest BCUT2D eigenvalue weighted by Crippen LogP contribution is -2.18. The number of benzene rings is 3. The van der Waals surface area contributed by atoms with Gasteiger partial charge >= 0.3 is 5.63 Å². The highest BCUT2D eigenvalue weighted by atomic mass is 16.4. The smallest absolute Gasteiger partial charge is 0.338 e. The number of rotatable bonds is 3. The second-order valence-electron chi connectivity index (χ2n) is 6.19. The van der Waals surface area contributed by atoms with E-state index in [4.69, 9.17) is 4.42 Å². The van der Waals surface area contributed by atoms with Gasteiger partial charge in [-0.2, -0.15) is 0 Å². The number of hydrogen-bond donors (Lipinski definition) is 0. The van der Waals surface area contributed by atoms with Crippen LogP contribution in [0.15, 0.2) is 75.9 Å². The number of fused-ring (bicyclic) bond motifs is 2. The van der Waals surface area contributed by atoms with Gasteiger partial charge in [-0.25, -0.2) is 4.79 Å². The fourth-order valence-electron chi connectivity index (χ4n) is 3.39. The first-order valence-electron chi connectivity index (χ1n) is 8.47. The van der Waals surface area contributed by atoms with E-state index in [0.717, 1.165) is 28.9 Å². The summed E-state index contributed by atoms with van der Waals surface area (Å²) in [6, 6.07) is 22.1. The van der Waals surface area contributed by atoms with Crippen molar-refractivity contribution in [1.82, 2.24) is 0 Å². The number of aryl methyl sites for hydroxylation is 1. The predicted molar refractivity (Wildman–Crippen MR) is 104 cm³/mol. The summed E-state index contributed by atoms with van der Waals surface area (Å²) < 4.78 is 5.42. The highest BCUT2D eigenvalue weighted by Gasteiger charge is 2.15. The van der Waals surface area contributed by atoms with Crippen LogP contribution in [-0.4, -0.2) is 6.54 Å². The maximum atomic E-state index is 12.1. The molecule has 3 nitrogen and oxygen atoms in total. The summed E-state index contributed by atoms with van der Waals surface area (Å²) in [6.07, 6.45) is 0. The zero-order valence-electron chi connectivity index (χ0n) is 14.3. The maximum Gasteiger partial charge on any atom is 0.338 e. The molecule has 124 valence electrons. The molecule has 3 heteroatoms. The summed E-state index contributed by atoms with van der Waals surface area (Å²) in [5.41, 5.74) is 3.34. The maximum absolute atomic E-state index is 12.1. The van der Waals surface area contributed by atoms with Crippen molar-refractivity contribution < 1.29 is 4.42 Å². The molecule has 0 atom stereocenters. The molecule has 4 aromatic rings. The van der Waals surface area contributed by atoms with Crippen LogP contribution in [0.25, 0.3) is 21.7 Å². The van der Waals surface area contributed by atoms with E-state index < -0.39 is 0 Å². The molecular formula is C22H19NO2. The lowest BCUT2D eigenvalue weighted by atomic mass is 10.1. The summed E-state index contributed by atoms with van der Waals surface area (Å²) in [5, 5.41) is 3.29. The largest absolute Gasteiger partial charge is 0.423 e. The Bertz CT molecular complexity index is 1120. The third-order valence-corrected chi connectivity index (χ3v) is 4.54. The average molecular weight is 329 g/mol. The lowest BCUT2D eigenvalue weighted by Gasteiger charge is -2.25. The van der Waals surface area contributed by atoms with Crippen molar-refractivity contribution in [2.45, 2.75) is 13.8 Å². The van der Waals surface area contributed by atoms with Crippen LogP contribution in [0.1, 0.15) is 12.5 Å². The molecule has 1 heterocycles. The van der Waals surface area contributed by atoms with Gasteiger partial charge < -0.3 is 9.32 Å². The molecule has 0 saturated heterocycles. The van der Waals surface area contributed by atoms with Crippen molar-refractivity contribution in [3.63, 3.8) is 0 Å². The summed E-state index contributed by atoms with van der Waals surface area (Å²) >= 11 is 0. The van der Waals surface area contributed by atoms with Crippen LogP contribution in [0.2, 0.25) is 0 Å². The molecule has 0 aliphatic heterocycles. The molecule has 0 saturated carbocycles. The third-order valence-electron chi connectivity index (χ3n) is 4.54. The Kier molecular flexibility index (Phi) is 3.77. The van der Waals surface area contributed by atoms with Crippen LogP contribution in [0.4, 0.5) is 11.4 Å². The van der Waals surface area contributed by atoms with Crippen LogP contribution in [-0.2, 0) is 0 Å². The molecule has 0 N–H and O–H groups in total. The Morgan fingerprint density at radius 1 is 0.880 bits per heavy atom. The number of hydrogen-bond acceptors (Lipinski definition) is 3. The zero-order valence-corrected chi connectivity index (χ0v) is 14.3. The monoisotopic (exact) mass is 329 g/mol. The molecule has 4 rings (SSSR count). The topological polar surface area (TPSA) is 33.5 Å². The molecule has 0 fully saturated rings. The van der Waals surface area contributed by atoms with Crippen molar-refractivity contribution in [2.75, 3.05) is 11.4 Å². The van der Waals surface area contributed by atoms with Gasteiger partial charge in [0.05, 0.1) is 5.69 Å². The number of anilines is 2. The van der Waals surface area contributed by atoms with E-state index in [1.165, 1.54) is 10.8 Å². The van der Waals surface area contributed by atoms with Crippen molar-refractivity contribution in [3.05, 3.63) is 82.7 Å². The van der Waals surface area contributed by atoms with Gasteiger partial charge in [-0.15, -0.1) is 0 Å². The molecule has 1 aromatic heterocycles. The van der Waals surface area contributed by atoms with Crippen LogP contribution < -0.4 is 10.5 Å². The number of nitrogens with zero attached hydrogens (tertiary/aromatic N) is 1. The molecule has 0 amide bonds. The van der Waals surface area contributed by atoms with E-state index in [1.54, 1.807) is 6.07 Å². The normalized spacial score (nSPS) is 11.1. The standard InChI is InChI=1S/C22H19NO2/c1-3-23(19-10-6-8-16-7-4-5-9-17(16)19)20-14-22(24)25-21-13-15(2)11-12-18(20)21/h4-14H,3H2,1-2H3. The van der Waals surface area contributed by atoms with Gasteiger partial charge in [0.1, 0.15) is 5.58 Å². The SMILES string of the molecule is CCN(c1cccc2ccccc12)c1cc(=O)oc2cc(C)ccc12. The van der Waals surface area contributed by atoms with E-state index in [2.05, 4.69) is 42.2 Å². The molecule has 0 aliphatic rings. The van der Waals surface area contributed by atoms with E-state index in [0.29, 0.717) is 5.58 Å². The van der Waals surface area contributed by atoms with E-state index in [1.807, 2.05) is 37.3 Å². The molecule has 0 unspecified atom stereocenters. The van der Waals surface area contributed by atoms with Crippen molar-refractivity contribution in [2.24, 2.45) is 0 Å². The molecule has 0 radical (unpaired) electrons. The summed E-state index contributed by atoms with van der Waals surface area (Å²) in [7, 11) is 0. The van der Waals surface area contributed by atoms with E-state index in [9.17, 15) is 4.79 Å². The van der Waals surface area contributed by atoms with Gasteiger partial charge in [-0.1, -0.05) is 42.5 Å². The quantitative estimate of drug-likeness (QED) is 0.471. The second-order valence-corrected chi connectivity index (χ2v) is 6.19. The average Bonchev–Trinajstić information content (AvgIpc) is 2.62. The summed E-state index contributed by atoms with van der Waals surface area (Å²) in [6.45, 7) is 4.84. The fraction of sp³-hybridized carbons (Fsp3) is 0.136. The Balaban J connectivity index is 2.01. The van der Waals surface area contributed by atoms with Crippen LogP contribution >= 0.6 is 0 Å². The van der Waals surface area contributed by atoms with Crippen molar-refractivity contribution in [3.8, 4) is 0 Å². The first-order chi connectivity index (χ1) is 12.2. The third kappa shape index (κ3) is 2.68. The molecule has 3 aromatic carbocycles. The summed E-state index contributed by atoms with van der Waals surface area (Å²) in [4.78, 5) is 14.3. The molecular weight excluding hydrogens is 310 g/mol. The molecule has 0 bridgehead atoms. The molecule has 25 heavy (non-hydrogen) atoms. The zero-order chi connectivity index (χ0) is 17.4. The second kappa shape index (κ2) is 6.10. The Morgan fingerprint density at radius 3 is 2.52 bits per heavy atom. The summed E-state index contributed by atoms with van der Waals surface area (Å²) in [5.74, 6) is 0. The highest BCUT2D eigenvalue weighted by molar-refractivity contribution is 6.00. The van der Waals surface area contributed by atoms with Gasteiger partial charge in [0.25, 0.3) is 0 Å². The van der Waals surface area contributed by atoms with Gasteiger partial charge in [-0.3, -0.25) is 0 Å². The Morgan fingerprint density at radius 2 is 1.68 bits per heavy atom. The van der Waals surface area contributed by atoms with Crippen LogP contribution in [0.5, 0.6) is 0 Å². The Hall–Kier alpha value is -3.07.